The van der Waals surface area contributed by atoms with Gasteiger partial charge in [-0.3, -0.25) is 4.79 Å². The molecule has 1 saturated heterocycles. The van der Waals surface area contributed by atoms with E-state index in [1.54, 1.807) is 30.2 Å². The summed E-state index contributed by atoms with van der Waals surface area (Å²) >= 11 is 6.08. The van der Waals surface area contributed by atoms with E-state index in [1.807, 2.05) is 5.32 Å². The molecule has 1 atom stereocenters. The monoisotopic (exact) mass is 498 g/mol. The van der Waals surface area contributed by atoms with Crippen LogP contribution in [0, 0.1) is 0 Å². The van der Waals surface area contributed by atoms with Crippen LogP contribution in [-0.2, 0) is 14.3 Å². The molecule has 0 spiro atoms. The topological polar surface area (TPSA) is 112 Å². The fourth-order valence-electron chi connectivity index (χ4n) is 3.51. The van der Waals surface area contributed by atoms with Gasteiger partial charge in [0.25, 0.3) is 0 Å². The van der Waals surface area contributed by atoms with Crippen molar-refractivity contribution in [2.24, 2.45) is 9.98 Å². The molecule has 0 unspecified atom stereocenters. The molecule has 1 fully saturated rings. The molecule has 2 N–H and O–H groups in total. The number of allylic oxidation sites excluding steroid dienone is 1. The van der Waals surface area contributed by atoms with Gasteiger partial charge in [-0.05, 0) is 31.9 Å². The number of carbonyl (C=O) groups is 2. The average Bonchev–Trinajstić information content (AvgIpc) is 3.44. The van der Waals surface area contributed by atoms with Crippen LogP contribution in [0.4, 0.5) is 13.2 Å². The number of aromatic amines is 1. The highest BCUT2D eigenvalue weighted by Crippen LogP contribution is 2.26. The lowest BCUT2D eigenvalue weighted by molar-refractivity contribution is -0.140. The summed E-state index contributed by atoms with van der Waals surface area (Å²) in [4.78, 5) is 41.6. The standard InChI is InChI=1S/C21H22ClF3N6O3/c1-3-16(31-6-4-5-15(31)20(33)29-11-21(23,24)25)30-19(28-10-17(32)34-2)14-9-27-18-13(14)7-12(22)8-26-18/h3,7-10,15H,4-6,11H2,1-2H3,(H,26,27)(H,29,33)/b16-3+,28-10+,30-19-/t15-/m1/s1. The van der Waals surface area contributed by atoms with E-state index in [1.165, 1.54) is 13.3 Å². The van der Waals surface area contributed by atoms with Crippen molar-refractivity contribution in [3.63, 3.8) is 0 Å². The Morgan fingerprint density at radius 2 is 2.21 bits per heavy atom. The van der Waals surface area contributed by atoms with Crippen LogP contribution >= 0.6 is 11.6 Å². The summed E-state index contributed by atoms with van der Waals surface area (Å²) in [5.41, 5.74) is 0.981. The number of pyridine rings is 1. The number of fused-ring (bicyclic) bond motifs is 1. The van der Waals surface area contributed by atoms with E-state index < -0.39 is 30.6 Å². The van der Waals surface area contributed by atoms with Crippen LogP contribution in [0.1, 0.15) is 25.3 Å². The van der Waals surface area contributed by atoms with Gasteiger partial charge in [-0.2, -0.15) is 13.2 Å². The normalized spacial score (nSPS) is 17.6. The Morgan fingerprint density at radius 1 is 1.44 bits per heavy atom. The second-order valence-electron chi connectivity index (χ2n) is 7.30. The van der Waals surface area contributed by atoms with Crippen molar-refractivity contribution in [2.75, 3.05) is 20.2 Å². The maximum Gasteiger partial charge on any atom is 0.405 e. The molecule has 1 amide bonds. The highest BCUT2D eigenvalue weighted by molar-refractivity contribution is 6.31. The molecule has 13 heteroatoms. The number of hydrogen-bond donors (Lipinski definition) is 2. The van der Waals surface area contributed by atoms with Gasteiger partial charge in [-0.15, -0.1) is 0 Å². The van der Waals surface area contributed by atoms with Gasteiger partial charge in [-0.25, -0.2) is 19.8 Å². The van der Waals surface area contributed by atoms with Gasteiger partial charge in [0.15, 0.2) is 5.84 Å². The fraction of sp³-hybridized carbons (Fsp3) is 0.381. The third-order valence-electron chi connectivity index (χ3n) is 5.02. The zero-order valence-corrected chi connectivity index (χ0v) is 19.1. The first-order valence-corrected chi connectivity index (χ1v) is 10.6. The molecular weight excluding hydrogens is 477 g/mol. The number of methoxy groups -OCH3 is 1. The second kappa shape index (κ2) is 10.7. The zero-order chi connectivity index (χ0) is 24.9. The summed E-state index contributed by atoms with van der Waals surface area (Å²) in [7, 11) is 1.20. The molecule has 0 saturated carbocycles. The number of amides is 1. The third-order valence-corrected chi connectivity index (χ3v) is 5.23. The van der Waals surface area contributed by atoms with Gasteiger partial charge < -0.3 is 19.9 Å². The van der Waals surface area contributed by atoms with E-state index in [0.29, 0.717) is 46.8 Å². The number of aromatic nitrogens is 2. The van der Waals surface area contributed by atoms with Crippen molar-refractivity contribution in [1.29, 1.82) is 0 Å². The van der Waals surface area contributed by atoms with Crippen molar-refractivity contribution in [3.8, 4) is 0 Å². The number of esters is 1. The number of rotatable bonds is 6. The van der Waals surface area contributed by atoms with Gasteiger partial charge in [0.1, 0.15) is 30.3 Å². The van der Waals surface area contributed by atoms with Crippen molar-refractivity contribution >= 4 is 46.6 Å². The van der Waals surface area contributed by atoms with Gasteiger partial charge in [0, 0.05) is 29.9 Å². The number of nitrogens with one attached hydrogen (secondary N) is 2. The number of halogens is 4. The van der Waals surface area contributed by atoms with E-state index in [-0.39, 0.29) is 5.84 Å². The lowest BCUT2D eigenvalue weighted by Crippen LogP contribution is -2.45. The quantitative estimate of drug-likeness (QED) is 0.361. The van der Waals surface area contributed by atoms with Gasteiger partial charge in [0.05, 0.1) is 12.1 Å². The molecule has 34 heavy (non-hydrogen) atoms. The highest BCUT2D eigenvalue weighted by atomic mass is 35.5. The van der Waals surface area contributed by atoms with Gasteiger partial charge in [0.2, 0.25) is 5.91 Å². The van der Waals surface area contributed by atoms with Crippen molar-refractivity contribution in [1.82, 2.24) is 20.2 Å². The fourth-order valence-corrected chi connectivity index (χ4v) is 3.67. The number of H-pyrrole nitrogens is 1. The van der Waals surface area contributed by atoms with E-state index in [2.05, 4.69) is 24.7 Å². The molecular formula is C21H22ClF3N6O3. The minimum Gasteiger partial charge on any atom is -0.465 e. The Kier molecular flexibility index (Phi) is 7.92. The molecule has 3 heterocycles. The molecule has 1 aliphatic rings. The third kappa shape index (κ3) is 6.13. The summed E-state index contributed by atoms with van der Waals surface area (Å²) in [6, 6.07) is 0.819. The van der Waals surface area contributed by atoms with Crippen molar-refractivity contribution in [2.45, 2.75) is 32.0 Å². The largest absolute Gasteiger partial charge is 0.465 e. The summed E-state index contributed by atoms with van der Waals surface area (Å²) < 4.78 is 42.3. The molecule has 1 aliphatic heterocycles. The second-order valence-corrected chi connectivity index (χ2v) is 7.74. The molecule has 2 aromatic heterocycles. The average molecular weight is 499 g/mol. The van der Waals surface area contributed by atoms with Crippen LogP contribution in [0.25, 0.3) is 11.0 Å². The summed E-state index contributed by atoms with van der Waals surface area (Å²) in [6.45, 7) is 0.669. The first-order valence-electron chi connectivity index (χ1n) is 10.2. The summed E-state index contributed by atoms with van der Waals surface area (Å²) in [5, 5.41) is 2.89. The Labute approximate surface area is 197 Å². The molecule has 0 aromatic carbocycles. The van der Waals surface area contributed by atoms with E-state index in [0.717, 1.165) is 6.21 Å². The van der Waals surface area contributed by atoms with E-state index in [4.69, 9.17) is 11.6 Å². The smallest absolute Gasteiger partial charge is 0.405 e. The maximum atomic E-state index is 12.6. The Morgan fingerprint density at radius 3 is 2.88 bits per heavy atom. The molecule has 9 nitrogen and oxygen atoms in total. The van der Waals surface area contributed by atoms with Gasteiger partial charge in [-0.1, -0.05) is 11.6 Å². The van der Waals surface area contributed by atoms with Crippen molar-refractivity contribution in [3.05, 3.63) is 40.9 Å². The first kappa shape index (κ1) is 25.2. The van der Waals surface area contributed by atoms with Crippen molar-refractivity contribution < 1.29 is 27.5 Å². The zero-order valence-electron chi connectivity index (χ0n) is 18.3. The molecule has 182 valence electrons. The van der Waals surface area contributed by atoms with E-state index >= 15 is 0 Å². The Hall–Kier alpha value is -3.41. The minimum atomic E-state index is -4.51. The Balaban J connectivity index is 1.98. The van der Waals surface area contributed by atoms with E-state index in [9.17, 15) is 22.8 Å². The molecule has 0 aliphatic carbocycles. The number of amidine groups is 1. The number of likely N-dealkylation sites (tertiary alicyclic amines) is 1. The number of hydrogen-bond acceptors (Lipinski definition) is 6. The number of ether oxygens (including phenoxy) is 1. The SMILES string of the molecule is C\C=C(/N=C(\N=C\C(=O)OC)c1c[nH]c2ncc(Cl)cc12)N1CCC[C@@H]1C(=O)NCC(F)(F)F. The predicted molar refractivity (Wildman–Crippen MR) is 121 cm³/mol. The highest BCUT2D eigenvalue weighted by Gasteiger charge is 2.35. The van der Waals surface area contributed by atoms with Crippen LogP contribution in [0.3, 0.4) is 0 Å². The summed E-state index contributed by atoms with van der Waals surface area (Å²) in [5.74, 6) is -1.05. The minimum absolute atomic E-state index is 0.0927. The maximum absolute atomic E-state index is 12.6. The van der Waals surface area contributed by atoms with Crippen LogP contribution in [0.5, 0.6) is 0 Å². The number of alkyl halides is 3. The lowest BCUT2D eigenvalue weighted by atomic mass is 10.2. The summed E-state index contributed by atoms with van der Waals surface area (Å²) in [6.07, 6.45) is 2.05. The molecule has 0 bridgehead atoms. The van der Waals surface area contributed by atoms with Gasteiger partial charge >= 0.3 is 12.1 Å². The van der Waals surface area contributed by atoms with Crippen LogP contribution < -0.4 is 5.32 Å². The lowest BCUT2D eigenvalue weighted by Gasteiger charge is -2.26. The van der Waals surface area contributed by atoms with Crippen LogP contribution in [0.15, 0.2) is 40.3 Å². The molecule has 3 rings (SSSR count). The number of carbonyl (C=O) groups excluding carboxylic acids is 2. The molecule has 0 radical (unpaired) electrons. The first-order chi connectivity index (χ1) is 16.1. The number of aliphatic imine (C=N–C) groups is 2. The van der Waals surface area contributed by atoms with Crippen LogP contribution in [-0.4, -0.2) is 71.2 Å². The molecule has 2 aromatic rings. The van der Waals surface area contributed by atoms with Crippen LogP contribution in [0.2, 0.25) is 5.02 Å². The predicted octanol–water partition coefficient (Wildman–Crippen LogP) is 3.21. The Bertz CT molecular complexity index is 1160. The number of nitrogens with zero attached hydrogens (tertiary/aromatic N) is 4.